The lowest BCUT2D eigenvalue weighted by Gasteiger charge is -2.35. The van der Waals surface area contributed by atoms with Gasteiger partial charge in [0, 0.05) is 25.0 Å². The van der Waals surface area contributed by atoms with Gasteiger partial charge in [0.25, 0.3) is 0 Å². The Kier molecular flexibility index (Phi) is 7.58. The van der Waals surface area contributed by atoms with Crippen LogP contribution in [-0.2, 0) is 28.6 Å². The summed E-state index contributed by atoms with van der Waals surface area (Å²) in [6.07, 6.45) is 1.35. The quantitative estimate of drug-likeness (QED) is 0.263. The second-order valence-electron chi connectivity index (χ2n) is 8.79. The molecule has 1 aliphatic heterocycles. The standard InChI is InChI=1S/C27H26O11/c1-34-19-11-15(3-7-17(19)28)5-9-23(30)36-21-13-27(33)14-22(37-26(27)32)25(21)38-24(31)10-6-16-4-8-18(29)20(12-16)35-2/h3-12,21-22,25,28-29,33H,13-14H2,1-2H3/b9-5+,10-6+/t21?,22?,25-,27+/m1/s1. The topological polar surface area (TPSA) is 158 Å². The number of methoxy groups -OCH3 is 2. The van der Waals surface area contributed by atoms with Gasteiger partial charge < -0.3 is 39.0 Å². The third-order valence-corrected chi connectivity index (χ3v) is 6.20. The second-order valence-corrected chi connectivity index (χ2v) is 8.79. The average Bonchev–Trinajstić information content (AvgIpc) is 3.14. The molecule has 11 nitrogen and oxygen atoms in total. The minimum atomic E-state index is -1.86. The van der Waals surface area contributed by atoms with Crippen molar-refractivity contribution in [1.82, 2.24) is 0 Å². The van der Waals surface area contributed by atoms with Gasteiger partial charge in [-0.1, -0.05) is 12.1 Å². The Bertz CT molecular complexity index is 1300. The number of phenolic OH excluding ortho intramolecular Hbond substituents is 2. The molecule has 2 aliphatic rings. The Morgan fingerprint density at radius 1 is 0.895 bits per heavy atom. The van der Waals surface area contributed by atoms with Crippen molar-refractivity contribution in [1.29, 1.82) is 0 Å². The van der Waals surface area contributed by atoms with Gasteiger partial charge in [-0.3, -0.25) is 0 Å². The molecule has 0 amide bonds. The Balaban J connectivity index is 1.47. The molecule has 0 radical (unpaired) electrons. The first kappa shape index (κ1) is 26.6. The van der Waals surface area contributed by atoms with Gasteiger partial charge >= 0.3 is 17.9 Å². The van der Waals surface area contributed by atoms with E-state index in [2.05, 4.69) is 0 Å². The molecule has 200 valence electrons. The van der Waals surface area contributed by atoms with E-state index in [4.69, 9.17) is 23.7 Å². The molecule has 1 saturated heterocycles. The van der Waals surface area contributed by atoms with Crippen LogP contribution in [0.4, 0.5) is 0 Å². The summed E-state index contributed by atoms with van der Waals surface area (Å²) in [5.74, 6) is -2.18. The number of rotatable bonds is 8. The van der Waals surface area contributed by atoms with Crippen LogP contribution < -0.4 is 9.47 Å². The van der Waals surface area contributed by atoms with Crippen LogP contribution in [-0.4, -0.2) is 71.4 Å². The van der Waals surface area contributed by atoms with Crippen LogP contribution in [0.5, 0.6) is 23.0 Å². The zero-order valence-electron chi connectivity index (χ0n) is 20.5. The number of carbonyl (C=O) groups is 3. The first-order valence-corrected chi connectivity index (χ1v) is 11.6. The van der Waals surface area contributed by atoms with E-state index in [1.165, 1.54) is 50.6 Å². The molecule has 2 aromatic rings. The summed E-state index contributed by atoms with van der Waals surface area (Å²) in [4.78, 5) is 37.4. The van der Waals surface area contributed by atoms with Crippen LogP contribution in [0.25, 0.3) is 12.2 Å². The highest BCUT2D eigenvalue weighted by atomic mass is 16.6. The van der Waals surface area contributed by atoms with Crippen LogP contribution in [0.3, 0.4) is 0 Å². The van der Waals surface area contributed by atoms with Crippen LogP contribution >= 0.6 is 0 Å². The number of aliphatic hydroxyl groups is 1. The summed E-state index contributed by atoms with van der Waals surface area (Å²) < 4.78 is 26.2. The summed E-state index contributed by atoms with van der Waals surface area (Å²) in [6, 6.07) is 8.94. The van der Waals surface area contributed by atoms with Gasteiger partial charge in [0.15, 0.2) is 34.7 Å². The number of phenols is 2. The molecule has 1 saturated carbocycles. The first-order chi connectivity index (χ1) is 18.1. The Hall–Kier alpha value is -4.51. The number of ether oxygens (including phenoxy) is 5. The SMILES string of the molecule is COc1cc(/C=C/C(=O)OC2C[C@]3(O)CC(OC3=O)[C@@H]2OC(=O)/C=C/c2ccc(O)c(OC)c2)ccc1O. The summed E-state index contributed by atoms with van der Waals surface area (Å²) in [7, 11) is 2.78. The normalized spacial score (nSPS) is 24.3. The number of esters is 3. The van der Waals surface area contributed by atoms with Gasteiger partial charge in [0.05, 0.1) is 14.2 Å². The molecule has 1 aliphatic carbocycles. The van der Waals surface area contributed by atoms with Crippen LogP contribution in [0.1, 0.15) is 24.0 Å². The molecule has 2 unspecified atom stereocenters. The summed E-state index contributed by atoms with van der Waals surface area (Å²) in [5, 5.41) is 30.0. The number of benzene rings is 2. The van der Waals surface area contributed by atoms with Crippen molar-refractivity contribution in [2.75, 3.05) is 14.2 Å². The Morgan fingerprint density at radius 3 is 1.95 bits per heavy atom. The molecular weight excluding hydrogens is 500 g/mol. The molecule has 0 aromatic heterocycles. The molecule has 2 aromatic carbocycles. The lowest BCUT2D eigenvalue weighted by Crippen LogP contribution is -2.51. The monoisotopic (exact) mass is 526 g/mol. The summed E-state index contributed by atoms with van der Waals surface area (Å²) in [5.41, 5.74) is -0.775. The maximum absolute atomic E-state index is 12.6. The molecule has 1 heterocycles. The molecule has 4 rings (SSSR count). The van der Waals surface area contributed by atoms with E-state index in [0.717, 1.165) is 12.2 Å². The van der Waals surface area contributed by atoms with Gasteiger partial charge in [-0.05, 0) is 47.5 Å². The number of fused-ring (bicyclic) bond motifs is 2. The smallest absolute Gasteiger partial charge is 0.338 e. The molecule has 4 atom stereocenters. The fourth-order valence-electron chi connectivity index (χ4n) is 4.29. The minimum Gasteiger partial charge on any atom is -0.504 e. The molecular formula is C27H26O11. The van der Waals surface area contributed by atoms with Crippen molar-refractivity contribution < 1.29 is 53.4 Å². The van der Waals surface area contributed by atoms with Gasteiger partial charge in [-0.2, -0.15) is 0 Å². The predicted molar refractivity (Wildman–Crippen MR) is 131 cm³/mol. The van der Waals surface area contributed by atoms with E-state index in [9.17, 15) is 29.7 Å². The predicted octanol–water partition coefficient (Wildman–Crippen LogP) is 2.12. The lowest BCUT2D eigenvalue weighted by atomic mass is 9.82. The highest BCUT2D eigenvalue weighted by molar-refractivity contribution is 5.89. The second kappa shape index (κ2) is 10.9. The molecule has 11 heteroatoms. The average molecular weight is 526 g/mol. The zero-order chi connectivity index (χ0) is 27.4. The third kappa shape index (κ3) is 5.73. The maximum atomic E-state index is 12.6. The van der Waals surface area contributed by atoms with Crippen LogP contribution in [0.2, 0.25) is 0 Å². The van der Waals surface area contributed by atoms with Gasteiger partial charge in [0.2, 0.25) is 0 Å². The minimum absolute atomic E-state index is 0.0618. The Labute approximate surface area is 217 Å². The van der Waals surface area contributed by atoms with E-state index in [0.29, 0.717) is 11.1 Å². The molecule has 3 N–H and O–H groups in total. The number of hydrogen-bond donors (Lipinski definition) is 3. The fourth-order valence-corrected chi connectivity index (χ4v) is 4.29. The highest BCUT2D eigenvalue weighted by Crippen LogP contribution is 2.41. The lowest BCUT2D eigenvalue weighted by molar-refractivity contribution is -0.178. The van der Waals surface area contributed by atoms with Crippen molar-refractivity contribution in [3.05, 3.63) is 59.7 Å². The van der Waals surface area contributed by atoms with Crippen molar-refractivity contribution in [2.24, 2.45) is 0 Å². The first-order valence-electron chi connectivity index (χ1n) is 11.6. The zero-order valence-corrected chi connectivity index (χ0v) is 20.5. The van der Waals surface area contributed by atoms with Crippen LogP contribution in [0, 0.1) is 0 Å². The van der Waals surface area contributed by atoms with Crippen molar-refractivity contribution in [3.63, 3.8) is 0 Å². The molecule has 0 spiro atoms. The van der Waals surface area contributed by atoms with E-state index in [1.807, 2.05) is 0 Å². The molecule has 2 fully saturated rings. The largest absolute Gasteiger partial charge is 0.504 e. The maximum Gasteiger partial charge on any atom is 0.338 e. The van der Waals surface area contributed by atoms with Gasteiger partial charge in [0.1, 0.15) is 12.2 Å². The summed E-state index contributed by atoms with van der Waals surface area (Å²) in [6.45, 7) is 0. The number of aromatic hydroxyl groups is 2. The van der Waals surface area contributed by atoms with Gasteiger partial charge in [-0.25, -0.2) is 14.4 Å². The van der Waals surface area contributed by atoms with E-state index < -0.39 is 41.8 Å². The van der Waals surface area contributed by atoms with Crippen molar-refractivity contribution in [2.45, 2.75) is 36.8 Å². The highest BCUT2D eigenvalue weighted by Gasteiger charge is 2.60. The van der Waals surface area contributed by atoms with E-state index in [-0.39, 0.29) is 35.8 Å². The van der Waals surface area contributed by atoms with E-state index in [1.54, 1.807) is 12.1 Å². The van der Waals surface area contributed by atoms with Gasteiger partial charge in [-0.15, -0.1) is 0 Å². The van der Waals surface area contributed by atoms with Crippen molar-refractivity contribution in [3.8, 4) is 23.0 Å². The molecule has 2 bridgehead atoms. The fraction of sp³-hybridized carbons (Fsp3) is 0.296. The summed E-state index contributed by atoms with van der Waals surface area (Å²) >= 11 is 0. The number of hydrogen-bond acceptors (Lipinski definition) is 11. The number of carbonyl (C=O) groups excluding carboxylic acids is 3. The van der Waals surface area contributed by atoms with Crippen LogP contribution in [0.15, 0.2) is 48.6 Å². The third-order valence-electron chi connectivity index (χ3n) is 6.20. The van der Waals surface area contributed by atoms with E-state index >= 15 is 0 Å². The Morgan fingerprint density at radius 2 is 1.42 bits per heavy atom. The van der Waals surface area contributed by atoms with Crippen molar-refractivity contribution >= 4 is 30.1 Å². The molecule has 38 heavy (non-hydrogen) atoms.